The molecule has 6 heteroatoms. The molecule has 0 spiro atoms. The molecule has 0 aliphatic carbocycles. The molecule has 3 aromatic rings. The Hall–Kier alpha value is -3.02. The van der Waals surface area contributed by atoms with E-state index < -0.39 is 0 Å². The molecule has 0 aliphatic heterocycles. The van der Waals surface area contributed by atoms with E-state index in [1.54, 1.807) is 24.3 Å². The van der Waals surface area contributed by atoms with E-state index in [9.17, 15) is 9.18 Å². The molecule has 23 heavy (non-hydrogen) atoms. The van der Waals surface area contributed by atoms with Gasteiger partial charge in [-0.2, -0.15) is 0 Å². The standard InChI is InChI=1S/C17H14FN3O2/c18-14-8-6-13(7-9-14)17-21-20-15(23-17)10-11-19-16(22)12-4-2-1-3-5-12/h1-9H,10-11H2,(H,19,22). The first kappa shape index (κ1) is 14.9. The average Bonchev–Trinajstić information content (AvgIpc) is 3.05. The largest absolute Gasteiger partial charge is 0.421 e. The van der Waals surface area contributed by atoms with Crippen LogP contribution in [0.25, 0.3) is 11.5 Å². The van der Waals surface area contributed by atoms with Crippen molar-refractivity contribution in [3.8, 4) is 11.5 Å². The molecule has 2 aromatic carbocycles. The van der Waals surface area contributed by atoms with Crippen LogP contribution >= 0.6 is 0 Å². The van der Waals surface area contributed by atoms with E-state index >= 15 is 0 Å². The lowest BCUT2D eigenvalue weighted by Crippen LogP contribution is -2.25. The van der Waals surface area contributed by atoms with Crippen LogP contribution in [0, 0.1) is 5.82 Å². The van der Waals surface area contributed by atoms with Gasteiger partial charge in [-0.25, -0.2) is 4.39 Å². The molecule has 0 radical (unpaired) electrons. The summed E-state index contributed by atoms with van der Waals surface area (Å²) in [6.45, 7) is 0.388. The van der Waals surface area contributed by atoms with Crippen LogP contribution in [0.1, 0.15) is 16.2 Å². The molecule has 0 fully saturated rings. The molecule has 0 saturated carbocycles. The van der Waals surface area contributed by atoms with E-state index in [0.717, 1.165) is 0 Å². The van der Waals surface area contributed by atoms with Crippen molar-refractivity contribution in [3.05, 3.63) is 71.9 Å². The zero-order valence-corrected chi connectivity index (χ0v) is 12.2. The molecule has 0 saturated heterocycles. The van der Waals surface area contributed by atoms with Crippen LogP contribution in [0.3, 0.4) is 0 Å². The van der Waals surface area contributed by atoms with E-state index in [4.69, 9.17) is 4.42 Å². The van der Waals surface area contributed by atoms with E-state index in [1.807, 2.05) is 18.2 Å². The van der Waals surface area contributed by atoms with Gasteiger partial charge in [0, 0.05) is 24.1 Å². The van der Waals surface area contributed by atoms with Crippen LogP contribution in [0.5, 0.6) is 0 Å². The quantitative estimate of drug-likeness (QED) is 0.786. The number of nitrogens with one attached hydrogen (secondary N) is 1. The highest BCUT2D eigenvalue weighted by atomic mass is 19.1. The fourth-order valence-corrected chi connectivity index (χ4v) is 2.04. The molecule has 0 aliphatic rings. The fraction of sp³-hybridized carbons (Fsp3) is 0.118. The van der Waals surface area contributed by atoms with Gasteiger partial charge in [-0.05, 0) is 36.4 Å². The molecule has 0 atom stereocenters. The Kier molecular flexibility index (Phi) is 4.42. The first-order chi connectivity index (χ1) is 11.2. The van der Waals surface area contributed by atoms with Crippen LogP contribution in [-0.4, -0.2) is 22.6 Å². The monoisotopic (exact) mass is 311 g/mol. The van der Waals surface area contributed by atoms with Gasteiger partial charge < -0.3 is 9.73 Å². The van der Waals surface area contributed by atoms with E-state index in [-0.39, 0.29) is 11.7 Å². The van der Waals surface area contributed by atoms with Crippen LogP contribution in [0.15, 0.2) is 59.0 Å². The van der Waals surface area contributed by atoms with Gasteiger partial charge in [0.05, 0.1) is 0 Å². The molecular weight excluding hydrogens is 297 g/mol. The Morgan fingerprint density at radius 2 is 1.78 bits per heavy atom. The van der Waals surface area contributed by atoms with Crippen LogP contribution in [-0.2, 0) is 6.42 Å². The average molecular weight is 311 g/mol. The summed E-state index contributed by atoms with van der Waals surface area (Å²) in [5.74, 6) is 0.271. The molecule has 5 nitrogen and oxygen atoms in total. The summed E-state index contributed by atoms with van der Waals surface area (Å²) >= 11 is 0. The maximum Gasteiger partial charge on any atom is 0.251 e. The van der Waals surface area contributed by atoms with Crippen LogP contribution in [0.4, 0.5) is 4.39 Å². The van der Waals surface area contributed by atoms with Crippen molar-refractivity contribution in [1.29, 1.82) is 0 Å². The van der Waals surface area contributed by atoms with Crippen molar-refractivity contribution >= 4 is 5.91 Å². The van der Waals surface area contributed by atoms with Gasteiger partial charge in [-0.3, -0.25) is 4.79 Å². The Bertz CT molecular complexity index is 785. The Balaban J connectivity index is 1.55. The third-order valence-corrected chi connectivity index (χ3v) is 3.22. The summed E-state index contributed by atoms with van der Waals surface area (Å²) < 4.78 is 18.4. The smallest absolute Gasteiger partial charge is 0.251 e. The van der Waals surface area contributed by atoms with Gasteiger partial charge in [0.25, 0.3) is 5.91 Å². The molecule has 0 bridgehead atoms. The topological polar surface area (TPSA) is 68.0 Å². The normalized spacial score (nSPS) is 10.5. The predicted molar refractivity (Wildman–Crippen MR) is 82.2 cm³/mol. The predicted octanol–water partition coefficient (Wildman–Crippen LogP) is 2.85. The highest BCUT2D eigenvalue weighted by molar-refractivity contribution is 5.94. The zero-order chi connectivity index (χ0) is 16.1. The van der Waals surface area contributed by atoms with Crippen molar-refractivity contribution in [3.63, 3.8) is 0 Å². The van der Waals surface area contributed by atoms with Crippen molar-refractivity contribution in [2.45, 2.75) is 6.42 Å². The number of benzene rings is 2. The maximum atomic E-state index is 12.9. The summed E-state index contributed by atoms with van der Waals surface area (Å²) in [5, 5.41) is 10.6. The highest BCUT2D eigenvalue weighted by Gasteiger charge is 2.09. The summed E-state index contributed by atoms with van der Waals surface area (Å²) in [6, 6.07) is 14.8. The van der Waals surface area contributed by atoms with Crippen molar-refractivity contribution in [2.24, 2.45) is 0 Å². The highest BCUT2D eigenvalue weighted by Crippen LogP contribution is 2.18. The number of hydrogen-bond donors (Lipinski definition) is 1. The summed E-state index contributed by atoms with van der Waals surface area (Å²) in [5.41, 5.74) is 1.25. The third-order valence-electron chi connectivity index (χ3n) is 3.22. The number of carbonyl (C=O) groups is 1. The second-order valence-corrected chi connectivity index (χ2v) is 4.88. The Morgan fingerprint density at radius 1 is 1.04 bits per heavy atom. The van der Waals surface area contributed by atoms with E-state index in [1.165, 1.54) is 12.1 Å². The van der Waals surface area contributed by atoms with Crippen molar-refractivity contribution in [2.75, 3.05) is 6.54 Å². The number of halogens is 1. The molecular formula is C17H14FN3O2. The number of amides is 1. The van der Waals surface area contributed by atoms with Gasteiger partial charge in [0.1, 0.15) is 5.82 Å². The lowest BCUT2D eigenvalue weighted by Gasteiger charge is -2.02. The minimum absolute atomic E-state index is 0.149. The van der Waals surface area contributed by atoms with Crippen molar-refractivity contribution < 1.29 is 13.6 Å². The molecule has 1 aromatic heterocycles. The third kappa shape index (κ3) is 3.79. The van der Waals surface area contributed by atoms with Crippen molar-refractivity contribution in [1.82, 2.24) is 15.5 Å². The fourth-order valence-electron chi connectivity index (χ4n) is 2.04. The van der Waals surface area contributed by atoms with Gasteiger partial charge in [-0.1, -0.05) is 18.2 Å². The Morgan fingerprint density at radius 3 is 2.52 bits per heavy atom. The molecule has 1 N–H and O–H groups in total. The van der Waals surface area contributed by atoms with Gasteiger partial charge in [0.15, 0.2) is 0 Å². The molecule has 1 amide bonds. The van der Waals surface area contributed by atoms with Gasteiger partial charge >= 0.3 is 0 Å². The lowest BCUT2D eigenvalue weighted by molar-refractivity contribution is 0.0953. The molecule has 0 unspecified atom stereocenters. The van der Waals surface area contributed by atoms with Gasteiger partial charge in [-0.15, -0.1) is 10.2 Å². The second-order valence-electron chi connectivity index (χ2n) is 4.88. The SMILES string of the molecule is O=C(NCCc1nnc(-c2ccc(F)cc2)o1)c1ccccc1. The number of rotatable bonds is 5. The summed E-state index contributed by atoms with van der Waals surface area (Å²) in [4.78, 5) is 11.9. The number of nitrogens with zero attached hydrogens (tertiary/aromatic N) is 2. The minimum Gasteiger partial charge on any atom is -0.421 e. The molecule has 1 heterocycles. The van der Waals surface area contributed by atoms with Gasteiger partial charge in [0.2, 0.25) is 11.8 Å². The van der Waals surface area contributed by atoms with Crippen LogP contribution < -0.4 is 5.32 Å². The van der Waals surface area contributed by atoms with Crippen LogP contribution in [0.2, 0.25) is 0 Å². The number of hydrogen-bond acceptors (Lipinski definition) is 4. The first-order valence-corrected chi connectivity index (χ1v) is 7.14. The Labute approximate surface area is 132 Å². The molecule has 3 rings (SSSR count). The van der Waals surface area contributed by atoms with E-state index in [0.29, 0.717) is 35.9 Å². The number of carbonyl (C=O) groups excluding carboxylic acids is 1. The first-order valence-electron chi connectivity index (χ1n) is 7.14. The van der Waals surface area contributed by atoms with E-state index in [2.05, 4.69) is 15.5 Å². The summed E-state index contributed by atoms with van der Waals surface area (Å²) in [6.07, 6.45) is 0.423. The lowest BCUT2D eigenvalue weighted by atomic mass is 10.2. The second kappa shape index (κ2) is 6.83. The zero-order valence-electron chi connectivity index (χ0n) is 12.2. The molecule has 116 valence electrons. The minimum atomic E-state index is -0.322. The number of aromatic nitrogens is 2. The summed E-state index contributed by atoms with van der Waals surface area (Å²) in [7, 11) is 0. The maximum absolute atomic E-state index is 12.9.